The topological polar surface area (TPSA) is 0 Å². The highest BCUT2D eigenvalue weighted by atomic mass is 79.9. The molecule has 6 heteroatoms. The van der Waals surface area contributed by atoms with Crippen molar-refractivity contribution in [1.29, 1.82) is 0 Å². The van der Waals surface area contributed by atoms with Crippen molar-refractivity contribution in [2.24, 2.45) is 65.1 Å². The third kappa shape index (κ3) is 89.7. The lowest BCUT2D eigenvalue weighted by Gasteiger charge is -2.06. The summed E-state index contributed by atoms with van der Waals surface area (Å²) in [4.78, 5) is 0. The molecule has 0 aliphatic carbocycles. The molecule has 0 radical (unpaired) electrons. The molecule has 0 N–H and O–H groups in total. The van der Waals surface area contributed by atoms with Gasteiger partial charge in [-0.3, -0.25) is 0 Å². The van der Waals surface area contributed by atoms with Crippen LogP contribution >= 0.6 is 27.5 Å². The van der Waals surface area contributed by atoms with E-state index in [4.69, 9.17) is 11.6 Å². The second kappa shape index (κ2) is 86.2. The van der Waals surface area contributed by atoms with Crippen LogP contribution in [-0.2, 0) is 6.18 Å². The van der Waals surface area contributed by atoms with E-state index in [1.54, 1.807) is 12.1 Å². The van der Waals surface area contributed by atoms with Gasteiger partial charge in [-0.15, -0.1) is 0 Å². The van der Waals surface area contributed by atoms with Crippen molar-refractivity contribution in [2.45, 2.75) is 309 Å². The Balaban J connectivity index is -0.00000141. The second-order valence-electron chi connectivity index (χ2n) is 38.5. The number of rotatable bonds is 37. The SMILES string of the molecule is C/C=C\CC(C)C.CC(C)C/C=C\c1ccc(-c2ccccc2)cc1.CC(C)C/C=C\c1ccc(Br)cc1.CC(C)C/C=C\c1ccc(C(F)(F)F)cc1.CC(C)C/C=C\c1ccc(Cl)cc1.CC(C)C/C=C\c1ccc(F)cc1.CC(C)C/C=C\c1ccccc1.CC/C=C\CC(C)C.CCC/C=C\CC(C)C.CCCCC/C=C\CC(C)C.Cc1cccc(/C=C\CC(C)C)c1. The molecular formula is C127H184BrClF4. The van der Waals surface area contributed by atoms with Gasteiger partial charge in [0.15, 0.2) is 0 Å². The molecule has 0 aromatic heterocycles. The van der Waals surface area contributed by atoms with Crippen molar-refractivity contribution in [1.82, 2.24) is 0 Å². The minimum Gasteiger partial charge on any atom is -0.207 e. The van der Waals surface area contributed by atoms with Gasteiger partial charge in [-0.25, -0.2) is 4.39 Å². The van der Waals surface area contributed by atoms with Gasteiger partial charge in [-0.05, 0) is 274 Å². The molecule has 0 aliphatic heterocycles. The maximum atomic E-state index is 12.5. The molecule has 0 bridgehead atoms. The summed E-state index contributed by atoms with van der Waals surface area (Å²) in [5.41, 5.74) is 11.5. The highest BCUT2D eigenvalue weighted by molar-refractivity contribution is 9.10. The summed E-state index contributed by atoms with van der Waals surface area (Å²) < 4.78 is 50.4. The summed E-state index contributed by atoms with van der Waals surface area (Å²) >= 11 is 9.18. The smallest absolute Gasteiger partial charge is 0.207 e. The lowest BCUT2D eigenvalue weighted by atomic mass is 10.0. The van der Waals surface area contributed by atoms with E-state index in [2.05, 4.69) is 440 Å². The Morgan fingerprint density at radius 2 is 0.571 bits per heavy atom. The third-order valence-electron chi connectivity index (χ3n) is 19.0. The maximum Gasteiger partial charge on any atom is 0.416 e. The highest BCUT2D eigenvalue weighted by Crippen LogP contribution is 2.30. The van der Waals surface area contributed by atoms with Crippen LogP contribution in [0, 0.1) is 77.8 Å². The molecule has 0 unspecified atom stereocenters. The fourth-order valence-corrected chi connectivity index (χ4v) is 11.6. The average molecular weight is 1900 g/mol. The van der Waals surface area contributed by atoms with Crippen molar-refractivity contribution in [3.63, 3.8) is 0 Å². The summed E-state index contributed by atoms with van der Waals surface area (Å²) in [5, 5.41) is 0.793. The van der Waals surface area contributed by atoms with Crippen molar-refractivity contribution < 1.29 is 17.6 Å². The lowest BCUT2D eigenvalue weighted by Crippen LogP contribution is -2.03. The van der Waals surface area contributed by atoms with Gasteiger partial charge in [-0.2, -0.15) is 13.2 Å². The first-order valence-corrected chi connectivity index (χ1v) is 51.3. The molecule has 734 valence electrons. The van der Waals surface area contributed by atoms with Gasteiger partial charge in [-0.1, -0.05) is 517 Å². The predicted molar refractivity (Wildman–Crippen MR) is 602 cm³/mol. The number of unbranched alkanes of at least 4 members (excludes halogenated alkanes) is 4. The Hall–Kier alpha value is -8.61. The lowest BCUT2D eigenvalue weighted by molar-refractivity contribution is -0.137. The van der Waals surface area contributed by atoms with E-state index < -0.39 is 11.7 Å². The van der Waals surface area contributed by atoms with E-state index in [1.165, 1.54) is 139 Å². The van der Waals surface area contributed by atoms with Crippen LogP contribution in [0.5, 0.6) is 0 Å². The molecule has 0 fully saturated rings. The van der Waals surface area contributed by atoms with Crippen LogP contribution in [-0.4, -0.2) is 0 Å². The molecule has 8 aromatic rings. The van der Waals surface area contributed by atoms with Crippen molar-refractivity contribution in [3.8, 4) is 11.1 Å². The quantitative estimate of drug-likeness (QED) is 0.0207. The van der Waals surface area contributed by atoms with Crippen LogP contribution in [0.4, 0.5) is 17.6 Å². The van der Waals surface area contributed by atoms with Crippen LogP contribution in [0.25, 0.3) is 53.7 Å². The Morgan fingerprint density at radius 3 is 0.895 bits per heavy atom. The Morgan fingerprint density at radius 1 is 0.286 bits per heavy atom. The largest absolute Gasteiger partial charge is 0.416 e. The monoisotopic (exact) mass is 1900 g/mol. The minimum absolute atomic E-state index is 0.180. The van der Waals surface area contributed by atoms with Gasteiger partial charge in [0.25, 0.3) is 0 Å². The van der Waals surface area contributed by atoms with Gasteiger partial charge in [0.2, 0.25) is 0 Å². The summed E-state index contributed by atoms with van der Waals surface area (Å²) in [6.45, 7) is 59.6. The summed E-state index contributed by atoms with van der Waals surface area (Å²) in [6, 6.07) is 66.1. The first-order valence-electron chi connectivity index (χ1n) is 50.2. The minimum atomic E-state index is -4.25. The maximum absolute atomic E-state index is 12.5. The molecule has 0 nitrogen and oxygen atoms in total. The second-order valence-corrected chi connectivity index (χ2v) is 39.9. The zero-order valence-electron chi connectivity index (χ0n) is 88.2. The molecular weight excluding hydrogens is 1720 g/mol. The molecule has 133 heavy (non-hydrogen) atoms. The number of alkyl halides is 3. The van der Waals surface area contributed by atoms with E-state index in [0.717, 1.165) is 131 Å². The van der Waals surface area contributed by atoms with E-state index in [0.29, 0.717) is 11.8 Å². The van der Waals surface area contributed by atoms with Gasteiger partial charge in [0, 0.05) is 9.50 Å². The van der Waals surface area contributed by atoms with Crippen LogP contribution in [0.1, 0.15) is 346 Å². The summed E-state index contributed by atoms with van der Waals surface area (Å²) in [5.74, 6) is 8.03. The summed E-state index contributed by atoms with van der Waals surface area (Å²) in [7, 11) is 0. The van der Waals surface area contributed by atoms with Gasteiger partial charge in [0.1, 0.15) is 5.82 Å². The number of halogens is 6. The third-order valence-corrected chi connectivity index (χ3v) is 19.7. The van der Waals surface area contributed by atoms with Gasteiger partial charge in [0.05, 0.1) is 5.56 Å². The standard InChI is InChI=1S/C18H20.C13H15F3.C13H18.C12H15Br.C12H15Cl.C12H15F.C12H16.C11H22.C9H18.C8H16.C7H14/c1-15(2)7-6-8-16-11-13-18(14-12-16)17-9-4-3-5-10-17;1-10(2)4-3-5-11-6-8-12(9-7-11)13(14,15)16;1-11(2)6-4-8-13-9-5-7-12(3)10-13;3*1-10(2)4-3-5-11-6-8-12(13)9-7-11;1-11(2)7-6-10-12-8-4-3-5-9-12;1-4-5-6-7-8-9-10-11(2)3;1-4-5-6-7-8-9(2)3;1-4-5-6-7-8(2)3;1-4-5-6-7(2)3/h3-6,8-15H,7H2,1-2H3;3,5-10H,4H2,1-2H3;4-5,7-11H,6H2,1-3H3;3*3,5-10H,4H2,1-2H3;3-6,8-11H,7H2,1-2H3;8-9,11H,4-7,10H2,1-3H3;6-7,9H,4-5,8H2,1-3H3;5-6,8H,4,7H2,1-3H3;4-5,7H,6H2,1-3H3/b8-6-;5-3-;8-4-;3*5-3-;10-6-;9-8-;7-6-;6-5-;5-4-. The van der Waals surface area contributed by atoms with Crippen molar-refractivity contribution in [2.75, 3.05) is 0 Å². The zero-order chi connectivity index (χ0) is 100. The molecule has 0 spiro atoms. The normalized spacial score (nSPS) is 11.5. The molecule has 8 aromatic carbocycles. The fourth-order valence-electron chi connectivity index (χ4n) is 11.2. The van der Waals surface area contributed by atoms with Crippen LogP contribution in [0.2, 0.25) is 5.02 Å². The molecule has 0 aliphatic rings. The van der Waals surface area contributed by atoms with Gasteiger partial charge >= 0.3 is 6.18 Å². The number of hydrogen-bond donors (Lipinski definition) is 0. The van der Waals surface area contributed by atoms with E-state index in [9.17, 15) is 17.6 Å². The predicted octanol–water partition coefficient (Wildman–Crippen LogP) is 43.9. The molecule has 0 heterocycles. The van der Waals surface area contributed by atoms with Crippen molar-refractivity contribution >= 4 is 70.1 Å². The highest BCUT2D eigenvalue weighted by Gasteiger charge is 2.29. The van der Waals surface area contributed by atoms with E-state index in [1.807, 2.05) is 54.6 Å². The van der Waals surface area contributed by atoms with Gasteiger partial charge < -0.3 is 0 Å². The molecule has 0 amide bonds. The number of allylic oxidation sites excluding steroid dienone is 15. The molecule has 0 saturated carbocycles. The van der Waals surface area contributed by atoms with Crippen LogP contribution < -0.4 is 0 Å². The number of aryl methyl sites for hydroxylation is 1. The Labute approximate surface area is 829 Å². The van der Waals surface area contributed by atoms with E-state index in [-0.39, 0.29) is 5.82 Å². The summed E-state index contributed by atoms with van der Waals surface area (Å²) in [6.07, 6.45) is 65.5. The van der Waals surface area contributed by atoms with Crippen molar-refractivity contribution in [3.05, 3.63) is 363 Å². The van der Waals surface area contributed by atoms with Crippen LogP contribution in [0.15, 0.2) is 302 Å². The molecule has 0 saturated heterocycles. The molecule has 8 rings (SSSR count). The fraction of sp³-hybridized carbons (Fsp3) is 0.449. The average Bonchev–Trinajstić information content (AvgIpc) is 0.863. The first-order chi connectivity index (χ1) is 63.2. The Bertz CT molecular complexity index is 4130. The van der Waals surface area contributed by atoms with Crippen LogP contribution in [0.3, 0.4) is 0 Å². The number of hydrogen-bond acceptors (Lipinski definition) is 0. The van der Waals surface area contributed by atoms with E-state index >= 15 is 0 Å². The zero-order valence-corrected chi connectivity index (χ0v) is 90.5. The molecule has 0 atom stereocenters. The first kappa shape index (κ1) is 129. The number of benzene rings is 8. The Kier molecular flexibility index (Phi) is 83.3.